The minimum atomic E-state index is -1.86. The fraction of sp³-hybridized carbons (Fsp3) is 0.484. The predicted molar refractivity (Wildman–Crippen MR) is 157 cm³/mol. The number of aliphatic hydroxyl groups excluding tert-OH is 4. The number of aromatic nitrogens is 2. The van der Waals surface area contributed by atoms with E-state index >= 15 is 0 Å². The number of aliphatic hydroxyl groups is 4. The Bertz CT molecular complexity index is 1690. The van der Waals surface area contributed by atoms with Crippen molar-refractivity contribution in [2.75, 3.05) is 33.0 Å². The number of ether oxygens (including phenoxy) is 5. The van der Waals surface area contributed by atoms with Gasteiger partial charge in [-0.25, -0.2) is 14.6 Å². The molecule has 0 spiro atoms. The number of nitrogens with zero attached hydrogens (tertiary/aromatic N) is 2. The number of carbonyl (C=O) groups excluding carboxylic acids is 2. The molecule has 1 amide bonds. The van der Waals surface area contributed by atoms with Crippen molar-refractivity contribution < 1.29 is 53.7 Å². The summed E-state index contributed by atoms with van der Waals surface area (Å²) < 4.78 is 28.7. The first-order chi connectivity index (χ1) is 22.2. The van der Waals surface area contributed by atoms with Gasteiger partial charge in [0.25, 0.3) is 5.56 Å². The van der Waals surface area contributed by atoms with Crippen molar-refractivity contribution >= 4 is 23.0 Å². The van der Waals surface area contributed by atoms with Crippen LogP contribution in [0.3, 0.4) is 0 Å². The first kappa shape index (κ1) is 32.0. The molecule has 246 valence electrons. The lowest BCUT2D eigenvalue weighted by molar-refractivity contribution is -0.302. The summed E-state index contributed by atoms with van der Waals surface area (Å²) in [6.45, 7) is 1.13. The van der Waals surface area contributed by atoms with Gasteiger partial charge in [0.05, 0.1) is 55.4 Å². The molecule has 0 radical (unpaired) electrons. The number of para-hydroxylation sites is 1. The van der Waals surface area contributed by atoms with E-state index in [1.165, 1.54) is 0 Å². The van der Waals surface area contributed by atoms with E-state index in [1.54, 1.807) is 17.6 Å². The number of fused-ring (bicyclic) bond motifs is 5. The molecule has 5 N–H and O–H groups in total. The van der Waals surface area contributed by atoms with E-state index in [0.29, 0.717) is 17.9 Å². The van der Waals surface area contributed by atoms with Crippen molar-refractivity contribution in [3.05, 3.63) is 63.4 Å². The molecule has 1 fully saturated rings. The maximum Gasteiger partial charge on any atom is 0.408 e. The highest BCUT2D eigenvalue weighted by Gasteiger charge is 2.50. The molecule has 0 aliphatic carbocycles. The second-order valence-corrected chi connectivity index (χ2v) is 11.3. The van der Waals surface area contributed by atoms with Gasteiger partial charge in [0.2, 0.25) is 5.60 Å². The molecule has 1 saturated heterocycles. The minimum Gasteiger partial charge on any atom is -0.457 e. The molecular formula is C31H35N3O12. The number of esters is 1. The molecule has 2 aromatic heterocycles. The third kappa shape index (κ3) is 5.64. The van der Waals surface area contributed by atoms with Crippen LogP contribution in [0, 0.1) is 0 Å². The number of amides is 1. The topological polar surface area (TPSA) is 208 Å². The lowest BCUT2D eigenvalue weighted by atomic mass is 9.85. The summed E-state index contributed by atoms with van der Waals surface area (Å²) in [5.41, 5.74) is 1.08. The maximum atomic E-state index is 13.6. The molecule has 6 rings (SSSR count). The van der Waals surface area contributed by atoms with Crippen molar-refractivity contribution in [3.63, 3.8) is 0 Å². The third-order valence-electron chi connectivity index (χ3n) is 8.53. The number of alkyl carbamates (subject to hydrolysis) is 1. The zero-order valence-corrected chi connectivity index (χ0v) is 25.0. The van der Waals surface area contributed by atoms with Gasteiger partial charge < -0.3 is 54.0 Å². The van der Waals surface area contributed by atoms with E-state index in [1.807, 2.05) is 30.3 Å². The molecule has 3 aliphatic rings. The van der Waals surface area contributed by atoms with Gasteiger partial charge in [-0.2, -0.15) is 0 Å². The van der Waals surface area contributed by atoms with Crippen molar-refractivity contribution in [1.29, 1.82) is 0 Å². The van der Waals surface area contributed by atoms with Gasteiger partial charge in [-0.3, -0.25) is 4.79 Å². The average molecular weight is 642 g/mol. The molecule has 5 heterocycles. The Morgan fingerprint density at radius 1 is 1.11 bits per heavy atom. The molecule has 3 aromatic rings. The molecular weight excluding hydrogens is 606 g/mol. The first-order valence-corrected chi connectivity index (χ1v) is 15.0. The Morgan fingerprint density at radius 3 is 2.70 bits per heavy atom. The number of carbonyl (C=O) groups is 2. The fourth-order valence-corrected chi connectivity index (χ4v) is 6.03. The average Bonchev–Trinajstić information content (AvgIpc) is 3.42. The quantitative estimate of drug-likeness (QED) is 0.111. The van der Waals surface area contributed by atoms with Gasteiger partial charge in [-0.1, -0.05) is 25.1 Å². The Balaban J connectivity index is 1.08. The van der Waals surface area contributed by atoms with E-state index in [2.05, 4.69) is 5.32 Å². The van der Waals surface area contributed by atoms with Crippen molar-refractivity contribution in [1.82, 2.24) is 14.9 Å². The SMILES string of the molecule is CC[C@@]1(OC(=O)NCCOCCO[C@@H]2O[C@H](CO)[C@H](O)[C@H](O)[C@H]2O)C(=O)OCc2c1cc1n(c2=O)Cc2cc3ccccc3nc2-1. The molecule has 0 bridgehead atoms. The van der Waals surface area contributed by atoms with E-state index in [9.17, 15) is 34.8 Å². The van der Waals surface area contributed by atoms with Crippen LogP contribution in [0.1, 0.15) is 30.0 Å². The third-order valence-corrected chi connectivity index (χ3v) is 8.53. The highest BCUT2D eigenvalue weighted by molar-refractivity contribution is 5.88. The number of benzene rings is 1. The lowest BCUT2D eigenvalue weighted by Gasteiger charge is -2.39. The van der Waals surface area contributed by atoms with Gasteiger partial charge in [0, 0.05) is 23.1 Å². The number of pyridine rings is 2. The van der Waals surface area contributed by atoms with Crippen LogP contribution in [-0.4, -0.2) is 106 Å². The fourth-order valence-electron chi connectivity index (χ4n) is 6.03. The Kier molecular flexibility index (Phi) is 9.07. The van der Waals surface area contributed by atoms with Gasteiger partial charge in [0.1, 0.15) is 31.0 Å². The van der Waals surface area contributed by atoms with Gasteiger partial charge in [-0.05, 0) is 24.6 Å². The van der Waals surface area contributed by atoms with Crippen LogP contribution in [0.5, 0.6) is 0 Å². The molecule has 15 heteroatoms. The molecule has 0 unspecified atom stereocenters. The number of nitrogens with one attached hydrogen (secondary N) is 1. The highest BCUT2D eigenvalue weighted by atomic mass is 16.7. The molecule has 46 heavy (non-hydrogen) atoms. The summed E-state index contributed by atoms with van der Waals surface area (Å²) >= 11 is 0. The number of hydrogen-bond donors (Lipinski definition) is 5. The van der Waals surface area contributed by atoms with Gasteiger partial charge >= 0.3 is 12.1 Å². The summed E-state index contributed by atoms with van der Waals surface area (Å²) in [4.78, 5) is 44.5. The monoisotopic (exact) mass is 641 g/mol. The van der Waals surface area contributed by atoms with Crippen LogP contribution in [0.4, 0.5) is 4.79 Å². The standard InChI is InChI=1S/C31H35N3O12/c1-2-31(46-30(41)32-7-8-42-9-10-43-28-26(38)25(37)24(36)22(14-35)45-28)19-12-21-23-17(11-16-5-3-4-6-20(16)33-23)13-34(21)27(39)18(19)15-44-29(31)40/h3-6,11-12,22,24-26,28,35-38H,2,7-10,13-15H2,1H3,(H,32,41)/t22-,24+,25+,26-,28-,31+/m1/s1. The highest BCUT2D eigenvalue weighted by Crippen LogP contribution is 2.41. The normalized spacial score (nSPS) is 26.6. The zero-order valence-electron chi connectivity index (χ0n) is 25.0. The second kappa shape index (κ2) is 13.0. The molecule has 6 atom stereocenters. The Hall–Kier alpha value is -3.96. The summed E-state index contributed by atoms with van der Waals surface area (Å²) in [6, 6.07) is 11.3. The number of hydrogen-bond acceptors (Lipinski definition) is 13. The first-order valence-electron chi connectivity index (χ1n) is 15.0. The van der Waals surface area contributed by atoms with Crippen LogP contribution in [-0.2, 0) is 47.2 Å². The van der Waals surface area contributed by atoms with Crippen LogP contribution < -0.4 is 10.9 Å². The van der Waals surface area contributed by atoms with Crippen molar-refractivity contribution in [3.8, 4) is 11.4 Å². The van der Waals surface area contributed by atoms with Crippen molar-refractivity contribution in [2.24, 2.45) is 0 Å². The van der Waals surface area contributed by atoms with Crippen LogP contribution in [0.25, 0.3) is 22.3 Å². The van der Waals surface area contributed by atoms with E-state index < -0.39 is 55.0 Å². The van der Waals surface area contributed by atoms with E-state index in [-0.39, 0.29) is 56.1 Å². The zero-order chi connectivity index (χ0) is 32.6. The minimum absolute atomic E-state index is 0.00219. The van der Waals surface area contributed by atoms with Gasteiger partial charge in [0.15, 0.2) is 6.29 Å². The summed E-state index contributed by atoms with van der Waals surface area (Å²) in [5, 5.41) is 42.4. The van der Waals surface area contributed by atoms with E-state index in [0.717, 1.165) is 16.5 Å². The van der Waals surface area contributed by atoms with Crippen LogP contribution in [0.2, 0.25) is 0 Å². The summed E-state index contributed by atoms with van der Waals surface area (Å²) in [6.07, 6.45) is -7.86. The van der Waals surface area contributed by atoms with Crippen LogP contribution >= 0.6 is 0 Å². The largest absolute Gasteiger partial charge is 0.457 e. The maximum absolute atomic E-state index is 13.6. The van der Waals surface area contributed by atoms with E-state index in [4.69, 9.17) is 28.7 Å². The lowest BCUT2D eigenvalue weighted by Crippen LogP contribution is -2.59. The molecule has 3 aliphatic heterocycles. The van der Waals surface area contributed by atoms with Gasteiger partial charge in [-0.15, -0.1) is 0 Å². The molecule has 0 saturated carbocycles. The Labute approximate surface area is 262 Å². The van der Waals surface area contributed by atoms with Crippen molar-refractivity contribution in [2.45, 2.75) is 62.8 Å². The second-order valence-electron chi connectivity index (χ2n) is 11.3. The molecule has 1 aromatic carbocycles. The summed E-state index contributed by atoms with van der Waals surface area (Å²) in [5.74, 6) is -0.784. The van der Waals surface area contributed by atoms with Crippen LogP contribution in [0.15, 0.2) is 41.2 Å². The number of cyclic esters (lactones) is 1. The predicted octanol–water partition coefficient (Wildman–Crippen LogP) is -0.353. The Morgan fingerprint density at radius 2 is 1.91 bits per heavy atom. The molecule has 15 nitrogen and oxygen atoms in total. The number of rotatable bonds is 10. The summed E-state index contributed by atoms with van der Waals surface area (Å²) in [7, 11) is 0. The smallest absolute Gasteiger partial charge is 0.408 e.